The van der Waals surface area contributed by atoms with Crippen LogP contribution in [-0.4, -0.2) is 52.2 Å². The number of pyridine rings is 1. The average molecular weight is 400 g/mol. The second-order valence-corrected chi connectivity index (χ2v) is 8.45. The molecule has 148 valence electrons. The second-order valence-electron chi connectivity index (χ2n) is 7.36. The lowest BCUT2D eigenvalue weighted by molar-refractivity contribution is -0.116. The van der Waals surface area contributed by atoms with E-state index in [0.717, 1.165) is 30.8 Å². The van der Waals surface area contributed by atoms with Gasteiger partial charge in [0.1, 0.15) is 16.6 Å². The molecule has 3 rings (SSSR count). The number of fused-ring (bicyclic) bond motifs is 1. The van der Waals surface area contributed by atoms with Crippen LogP contribution in [0.4, 0.5) is 0 Å². The lowest BCUT2D eigenvalue weighted by Crippen LogP contribution is -2.14. The van der Waals surface area contributed by atoms with E-state index >= 15 is 0 Å². The summed E-state index contributed by atoms with van der Waals surface area (Å²) in [5, 5.41) is 11.3. The molecule has 0 fully saturated rings. The Morgan fingerprint density at radius 3 is 2.71 bits per heavy atom. The summed E-state index contributed by atoms with van der Waals surface area (Å²) in [5.74, 6) is -0.181. The number of carbonyl (C=O) groups excluding carboxylic acids is 2. The first-order valence-electron chi connectivity index (χ1n) is 9.40. The third-order valence-corrected chi connectivity index (χ3v) is 5.75. The number of aliphatic hydroxyl groups is 1. The number of nitrogens with zero attached hydrogens (tertiary/aromatic N) is 3. The van der Waals surface area contributed by atoms with Crippen LogP contribution in [0.5, 0.6) is 0 Å². The fourth-order valence-electron chi connectivity index (χ4n) is 3.22. The van der Waals surface area contributed by atoms with Crippen LogP contribution >= 0.6 is 11.3 Å². The molecule has 0 radical (unpaired) electrons. The number of hydrogen-bond donors (Lipinski definition) is 1. The summed E-state index contributed by atoms with van der Waals surface area (Å²) in [7, 11) is 4.08. The maximum atomic E-state index is 12.8. The van der Waals surface area contributed by atoms with Crippen molar-refractivity contribution in [3.05, 3.63) is 50.7 Å². The zero-order valence-electron chi connectivity index (χ0n) is 16.5. The highest BCUT2D eigenvalue weighted by Crippen LogP contribution is 2.33. The number of ketones is 2. The van der Waals surface area contributed by atoms with E-state index in [0.29, 0.717) is 33.9 Å². The molecule has 2 heterocycles. The lowest BCUT2D eigenvalue weighted by atomic mass is 9.93. The number of thiazole rings is 1. The molecule has 2 aromatic rings. The van der Waals surface area contributed by atoms with Gasteiger partial charge in [-0.3, -0.25) is 14.6 Å². The van der Waals surface area contributed by atoms with Crippen LogP contribution in [0.2, 0.25) is 0 Å². The molecule has 6 nitrogen and oxygen atoms in total. The Kier molecular flexibility index (Phi) is 6.36. The van der Waals surface area contributed by atoms with Gasteiger partial charge in [0.15, 0.2) is 0 Å². The molecular weight excluding hydrogens is 374 g/mol. The number of allylic oxidation sites excluding steroid dienone is 1. The third-order valence-electron chi connectivity index (χ3n) is 4.66. The predicted octanol–water partition coefficient (Wildman–Crippen LogP) is 3.26. The van der Waals surface area contributed by atoms with Crippen molar-refractivity contribution < 1.29 is 14.7 Å². The topological polar surface area (TPSA) is 83.4 Å². The van der Waals surface area contributed by atoms with Crippen molar-refractivity contribution in [2.45, 2.75) is 39.0 Å². The maximum absolute atomic E-state index is 12.8. The SMILES string of the molecule is CC(=O)Cc1nc2c(s1)C(=O)C(=C(O)c1ccc(CCCN(C)C)nc1)CC2. The Morgan fingerprint density at radius 1 is 1.29 bits per heavy atom. The van der Waals surface area contributed by atoms with E-state index in [9.17, 15) is 14.7 Å². The molecule has 1 aliphatic rings. The van der Waals surface area contributed by atoms with E-state index in [1.54, 1.807) is 6.20 Å². The van der Waals surface area contributed by atoms with Gasteiger partial charge >= 0.3 is 0 Å². The largest absolute Gasteiger partial charge is 0.507 e. The first kappa shape index (κ1) is 20.4. The van der Waals surface area contributed by atoms with Gasteiger partial charge in [-0.25, -0.2) is 4.98 Å². The average Bonchev–Trinajstić information content (AvgIpc) is 3.04. The molecule has 0 saturated heterocycles. The first-order valence-corrected chi connectivity index (χ1v) is 10.2. The Bertz CT molecular complexity index is 913. The van der Waals surface area contributed by atoms with Gasteiger partial charge in [-0.2, -0.15) is 0 Å². The van der Waals surface area contributed by atoms with Gasteiger partial charge < -0.3 is 10.0 Å². The highest BCUT2D eigenvalue weighted by Gasteiger charge is 2.29. The molecular formula is C21H25N3O3S. The lowest BCUT2D eigenvalue weighted by Gasteiger charge is -2.14. The minimum atomic E-state index is -0.193. The summed E-state index contributed by atoms with van der Waals surface area (Å²) in [5.41, 5.74) is 2.65. The number of aromatic nitrogens is 2. The Balaban J connectivity index is 1.77. The Labute approximate surface area is 168 Å². The number of hydrogen-bond acceptors (Lipinski definition) is 7. The highest BCUT2D eigenvalue weighted by molar-refractivity contribution is 7.14. The summed E-state index contributed by atoms with van der Waals surface area (Å²) in [6.07, 6.45) is 4.79. The predicted molar refractivity (Wildman–Crippen MR) is 110 cm³/mol. The van der Waals surface area contributed by atoms with Crippen molar-refractivity contribution in [1.82, 2.24) is 14.9 Å². The zero-order valence-corrected chi connectivity index (χ0v) is 17.3. The monoisotopic (exact) mass is 399 g/mol. The van der Waals surface area contributed by atoms with E-state index in [1.807, 2.05) is 26.2 Å². The molecule has 0 aromatic carbocycles. The van der Waals surface area contributed by atoms with E-state index in [1.165, 1.54) is 18.3 Å². The number of aryl methyl sites for hydroxylation is 2. The van der Waals surface area contributed by atoms with Gasteiger partial charge in [0.05, 0.1) is 17.0 Å². The number of Topliss-reactive ketones (excluding diaryl/α,β-unsaturated/α-hetero) is 2. The summed E-state index contributed by atoms with van der Waals surface area (Å²) in [6.45, 7) is 2.51. The molecule has 0 atom stereocenters. The van der Waals surface area contributed by atoms with Crippen LogP contribution < -0.4 is 0 Å². The summed E-state index contributed by atoms with van der Waals surface area (Å²) < 4.78 is 0. The molecule has 0 saturated carbocycles. The van der Waals surface area contributed by atoms with Gasteiger partial charge in [-0.05, 0) is 65.4 Å². The molecule has 28 heavy (non-hydrogen) atoms. The minimum Gasteiger partial charge on any atom is -0.507 e. The van der Waals surface area contributed by atoms with Crippen LogP contribution in [0.3, 0.4) is 0 Å². The molecule has 0 unspecified atom stereocenters. The highest BCUT2D eigenvalue weighted by atomic mass is 32.1. The van der Waals surface area contributed by atoms with E-state index in [-0.39, 0.29) is 23.7 Å². The van der Waals surface area contributed by atoms with E-state index in [2.05, 4.69) is 14.9 Å². The van der Waals surface area contributed by atoms with Crippen molar-refractivity contribution in [3.8, 4) is 0 Å². The van der Waals surface area contributed by atoms with Crippen LogP contribution in [0.1, 0.15) is 51.4 Å². The Hall–Kier alpha value is -2.38. The van der Waals surface area contributed by atoms with Crippen molar-refractivity contribution in [2.24, 2.45) is 0 Å². The third kappa shape index (κ3) is 4.72. The molecule has 0 amide bonds. The summed E-state index contributed by atoms with van der Waals surface area (Å²) in [4.78, 5) is 35.7. The smallest absolute Gasteiger partial charge is 0.204 e. The second kappa shape index (κ2) is 8.75. The van der Waals surface area contributed by atoms with E-state index < -0.39 is 0 Å². The van der Waals surface area contributed by atoms with Crippen molar-refractivity contribution in [1.29, 1.82) is 0 Å². The van der Waals surface area contributed by atoms with Gasteiger partial charge in [0.2, 0.25) is 5.78 Å². The van der Waals surface area contributed by atoms with Crippen LogP contribution in [0.15, 0.2) is 23.9 Å². The fourth-order valence-corrected chi connectivity index (χ4v) is 4.37. The number of carbonyl (C=O) groups is 2. The van der Waals surface area contributed by atoms with Crippen LogP contribution in [0.25, 0.3) is 5.76 Å². The van der Waals surface area contributed by atoms with Crippen LogP contribution in [0, 0.1) is 0 Å². The number of aliphatic hydroxyl groups excluding tert-OH is 1. The van der Waals surface area contributed by atoms with Crippen molar-refractivity contribution in [2.75, 3.05) is 20.6 Å². The zero-order chi connectivity index (χ0) is 20.3. The minimum absolute atomic E-state index is 0.00971. The first-order chi connectivity index (χ1) is 13.3. The molecule has 1 N–H and O–H groups in total. The summed E-state index contributed by atoms with van der Waals surface area (Å²) in [6, 6.07) is 3.72. The standard InChI is InChI=1S/C21H25N3O3S/c1-13(25)11-18-23-17-9-8-16(20(27)21(17)28-18)19(26)14-6-7-15(22-12-14)5-4-10-24(2)3/h6-7,12,26H,4-5,8-11H2,1-3H3. The van der Waals surface area contributed by atoms with Gasteiger partial charge in [0.25, 0.3) is 0 Å². The molecule has 0 spiro atoms. The summed E-state index contributed by atoms with van der Waals surface area (Å²) >= 11 is 1.26. The maximum Gasteiger partial charge on any atom is 0.204 e. The molecule has 2 aromatic heterocycles. The van der Waals surface area contributed by atoms with Crippen LogP contribution in [-0.2, 0) is 24.1 Å². The number of rotatable bonds is 7. The Morgan fingerprint density at radius 2 is 2.07 bits per heavy atom. The van der Waals surface area contributed by atoms with Gasteiger partial charge in [-0.15, -0.1) is 11.3 Å². The van der Waals surface area contributed by atoms with Crippen molar-refractivity contribution in [3.63, 3.8) is 0 Å². The fraction of sp³-hybridized carbons (Fsp3) is 0.429. The van der Waals surface area contributed by atoms with Gasteiger partial charge in [0, 0.05) is 23.0 Å². The van der Waals surface area contributed by atoms with Crippen molar-refractivity contribution >= 4 is 28.7 Å². The molecule has 7 heteroatoms. The normalized spacial score (nSPS) is 15.6. The molecule has 0 aliphatic heterocycles. The quantitative estimate of drug-likeness (QED) is 0.568. The molecule has 0 bridgehead atoms. The van der Waals surface area contributed by atoms with Gasteiger partial charge in [-0.1, -0.05) is 0 Å². The van der Waals surface area contributed by atoms with E-state index in [4.69, 9.17) is 0 Å². The molecule has 1 aliphatic carbocycles.